The van der Waals surface area contributed by atoms with Crippen LogP contribution in [0.2, 0.25) is 0 Å². The zero-order valence-electron chi connectivity index (χ0n) is 24.7. The Hall–Kier alpha value is -4.00. The molecule has 1 saturated heterocycles. The van der Waals surface area contributed by atoms with Gasteiger partial charge in [0, 0.05) is 40.4 Å². The lowest BCUT2D eigenvalue weighted by molar-refractivity contribution is -0.138. The summed E-state index contributed by atoms with van der Waals surface area (Å²) in [5.74, 6) is 1.10. The number of amides is 1. The Balaban J connectivity index is 1.42. The van der Waals surface area contributed by atoms with Crippen molar-refractivity contribution in [1.82, 2.24) is 29.2 Å². The number of halogens is 4. The zero-order chi connectivity index (χ0) is 31.5. The fraction of sp³-hybridized carbons (Fsp3) is 0.387. The van der Waals surface area contributed by atoms with Gasteiger partial charge in [-0.1, -0.05) is 22.9 Å². The third kappa shape index (κ3) is 5.42. The Bertz CT molecular complexity index is 1820. The lowest BCUT2D eigenvalue weighted by Gasteiger charge is -2.34. The Kier molecular flexibility index (Phi) is 7.63. The number of hydrogen-bond acceptors (Lipinski definition) is 6. The summed E-state index contributed by atoms with van der Waals surface area (Å²) in [6, 6.07) is 8.59. The molecule has 1 fully saturated rings. The first-order chi connectivity index (χ1) is 20.8. The van der Waals surface area contributed by atoms with Gasteiger partial charge in [-0.2, -0.15) is 18.3 Å². The Morgan fingerprint density at radius 2 is 1.86 bits per heavy atom. The standard InChI is InChI=1S/C31H31BrF3N7O2/c1-17-9-10-39(15-17)27-8-6-22(14-36-27)41-29(44)23-12-19(3)40(16-26(23)37-30(41)42-20(4)11-18(2)38-42)28(43)21-5-7-25(32)24(13-21)31(33,34)35/h5-8,11,13-14,17,19H,9-10,12,15-16H2,1-4H3/t17-,19+/m0/s1. The number of carbonyl (C=O) groups excluding carboxylic acids is 1. The molecule has 6 rings (SSSR count). The summed E-state index contributed by atoms with van der Waals surface area (Å²) in [6.07, 6.45) is -1.68. The maximum absolute atomic E-state index is 14.2. The summed E-state index contributed by atoms with van der Waals surface area (Å²) in [7, 11) is 0. The van der Waals surface area contributed by atoms with Crippen LogP contribution in [0.5, 0.6) is 0 Å². The largest absolute Gasteiger partial charge is 0.417 e. The maximum atomic E-state index is 14.2. The summed E-state index contributed by atoms with van der Waals surface area (Å²) in [5, 5.41) is 4.58. The highest BCUT2D eigenvalue weighted by Crippen LogP contribution is 2.36. The van der Waals surface area contributed by atoms with Crippen molar-refractivity contribution >= 4 is 27.7 Å². The van der Waals surface area contributed by atoms with Crippen LogP contribution in [0, 0.1) is 19.8 Å². The van der Waals surface area contributed by atoms with Gasteiger partial charge in [0.15, 0.2) is 0 Å². The molecular weight excluding hydrogens is 639 g/mol. The molecule has 2 aliphatic rings. The first kappa shape index (κ1) is 30.0. The molecule has 44 heavy (non-hydrogen) atoms. The molecule has 0 N–H and O–H groups in total. The quantitative estimate of drug-likeness (QED) is 0.279. The minimum Gasteiger partial charge on any atom is -0.356 e. The summed E-state index contributed by atoms with van der Waals surface area (Å²) in [5.41, 5.74) is 1.51. The molecular formula is C31H31BrF3N7O2. The molecule has 0 aliphatic carbocycles. The Morgan fingerprint density at radius 3 is 2.48 bits per heavy atom. The van der Waals surface area contributed by atoms with Crippen molar-refractivity contribution < 1.29 is 18.0 Å². The van der Waals surface area contributed by atoms with E-state index < -0.39 is 23.7 Å². The molecule has 230 valence electrons. The van der Waals surface area contributed by atoms with Crippen molar-refractivity contribution in [2.24, 2.45) is 5.92 Å². The minimum absolute atomic E-state index is 0.0422. The number of hydrogen-bond donors (Lipinski definition) is 0. The number of pyridine rings is 1. The molecule has 0 unspecified atom stereocenters. The van der Waals surface area contributed by atoms with Gasteiger partial charge in [-0.3, -0.25) is 9.59 Å². The highest BCUT2D eigenvalue weighted by molar-refractivity contribution is 9.10. The summed E-state index contributed by atoms with van der Waals surface area (Å²) in [6.45, 7) is 9.49. The number of alkyl halides is 3. The first-order valence-electron chi connectivity index (χ1n) is 14.4. The molecule has 13 heteroatoms. The van der Waals surface area contributed by atoms with Crippen molar-refractivity contribution in [3.8, 4) is 11.6 Å². The lowest BCUT2D eigenvalue weighted by atomic mass is 9.98. The van der Waals surface area contributed by atoms with Crippen molar-refractivity contribution in [2.45, 2.75) is 59.3 Å². The van der Waals surface area contributed by atoms with E-state index >= 15 is 0 Å². The van der Waals surface area contributed by atoms with Crippen LogP contribution in [0.25, 0.3) is 11.6 Å². The summed E-state index contributed by atoms with van der Waals surface area (Å²) >= 11 is 2.93. The number of anilines is 1. The second-order valence-corrected chi connectivity index (χ2v) is 12.6. The molecule has 0 bridgehead atoms. The first-order valence-corrected chi connectivity index (χ1v) is 15.2. The number of fused-ring (bicyclic) bond motifs is 1. The number of carbonyl (C=O) groups is 1. The monoisotopic (exact) mass is 669 g/mol. The van der Waals surface area contributed by atoms with Crippen LogP contribution in [-0.4, -0.2) is 54.3 Å². The number of aryl methyl sites for hydroxylation is 2. The summed E-state index contributed by atoms with van der Waals surface area (Å²) in [4.78, 5) is 41.0. The van der Waals surface area contributed by atoms with Crippen LogP contribution < -0.4 is 10.5 Å². The van der Waals surface area contributed by atoms with Gasteiger partial charge < -0.3 is 9.80 Å². The van der Waals surface area contributed by atoms with Crippen LogP contribution in [-0.2, 0) is 19.1 Å². The van der Waals surface area contributed by atoms with E-state index in [9.17, 15) is 22.8 Å². The molecule has 5 heterocycles. The van der Waals surface area contributed by atoms with Gasteiger partial charge in [-0.05, 0) is 75.9 Å². The molecule has 1 aromatic carbocycles. The van der Waals surface area contributed by atoms with Gasteiger partial charge in [0.2, 0.25) is 5.95 Å². The predicted molar refractivity (Wildman–Crippen MR) is 162 cm³/mol. The molecule has 1 amide bonds. The van der Waals surface area contributed by atoms with Gasteiger partial charge in [-0.25, -0.2) is 19.2 Å². The second-order valence-electron chi connectivity index (χ2n) is 11.7. The van der Waals surface area contributed by atoms with E-state index in [1.807, 2.05) is 32.0 Å². The van der Waals surface area contributed by atoms with Crippen molar-refractivity contribution in [3.63, 3.8) is 0 Å². The smallest absolute Gasteiger partial charge is 0.356 e. The fourth-order valence-corrected chi connectivity index (χ4v) is 6.48. The van der Waals surface area contributed by atoms with Gasteiger partial charge >= 0.3 is 6.18 Å². The van der Waals surface area contributed by atoms with Gasteiger partial charge in [0.25, 0.3) is 11.5 Å². The third-order valence-corrected chi connectivity index (χ3v) is 9.00. The third-order valence-electron chi connectivity index (χ3n) is 8.31. The molecule has 4 aromatic rings. The average Bonchev–Trinajstić information content (AvgIpc) is 3.56. The van der Waals surface area contributed by atoms with Crippen LogP contribution in [0.4, 0.5) is 19.0 Å². The summed E-state index contributed by atoms with van der Waals surface area (Å²) < 4.78 is 43.6. The van der Waals surface area contributed by atoms with Gasteiger partial charge in [0.05, 0.1) is 35.4 Å². The maximum Gasteiger partial charge on any atom is 0.417 e. The van der Waals surface area contributed by atoms with Gasteiger partial charge in [0.1, 0.15) is 5.82 Å². The van der Waals surface area contributed by atoms with E-state index in [2.05, 4.69) is 37.8 Å². The molecule has 2 atom stereocenters. The number of aromatic nitrogens is 5. The van der Waals surface area contributed by atoms with Gasteiger partial charge in [-0.15, -0.1) is 0 Å². The second kappa shape index (κ2) is 11.2. The molecule has 2 aliphatic heterocycles. The van der Waals surface area contributed by atoms with Crippen LogP contribution in [0.3, 0.4) is 0 Å². The van der Waals surface area contributed by atoms with E-state index in [1.165, 1.54) is 21.6 Å². The normalized spacial score (nSPS) is 18.5. The Labute approximate surface area is 260 Å². The van der Waals surface area contributed by atoms with Crippen LogP contribution in [0.1, 0.15) is 58.8 Å². The molecule has 0 spiro atoms. The average molecular weight is 671 g/mol. The van der Waals surface area contributed by atoms with Crippen molar-refractivity contribution in [3.05, 3.63) is 91.2 Å². The topological polar surface area (TPSA) is 89.2 Å². The van der Waals surface area contributed by atoms with Crippen LogP contribution in [0.15, 0.2) is 51.9 Å². The van der Waals surface area contributed by atoms with Crippen molar-refractivity contribution in [2.75, 3.05) is 18.0 Å². The number of nitrogens with zero attached hydrogens (tertiary/aromatic N) is 7. The highest BCUT2D eigenvalue weighted by Gasteiger charge is 2.36. The molecule has 0 saturated carbocycles. The SMILES string of the molecule is Cc1cc(C)n(-c2nc3c(c(=O)n2-c2ccc(N4CC[C@H](C)C4)nc2)C[C@@H](C)N(C(=O)c2ccc(Br)c(C(F)(F)F)c2)C3)n1. The fourth-order valence-electron chi connectivity index (χ4n) is 6.01. The Morgan fingerprint density at radius 1 is 1.09 bits per heavy atom. The molecule has 0 radical (unpaired) electrons. The van der Waals surface area contributed by atoms with E-state index in [4.69, 9.17) is 4.98 Å². The zero-order valence-corrected chi connectivity index (χ0v) is 26.3. The molecule has 9 nitrogen and oxygen atoms in total. The minimum atomic E-state index is -4.63. The number of benzene rings is 1. The van der Waals surface area contributed by atoms with E-state index in [0.29, 0.717) is 22.9 Å². The highest BCUT2D eigenvalue weighted by atomic mass is 79.9. The predicted octanol–water partition coefficient (Wildman–Crippen LogP) is 5.64. The van der Waals surface area contributed by atoms with E-state index in [1.54, 1.807) is 17.8 Å². The molecule has 3 aromatic heterocycles. The lowest BCUT2D eigenvalue weighted by Crippen LogP contribution is -2.46. The van der Waals surface area contributed by atoms with Crippen LogP contribution >= 0.6 is 15.9 Å². The number of rotatable bonds is 4. The van der Waals surface area contributed by atoms with E-state index in [0.717, 1.165) is 42.8 Å². The van der Waals surface area contributed by atoms with E-state index in [-0.39, 0.29) is 34.5 Å². The van der Waals surface area contributed by atoms with Crippen molar-refractivity contribution in [1.29, 1.82) is 0 Å².